The predicted molar refractivity (Wildman–Crippen MR) is 70.9 cm³/mol. The number of nitro groups is 1. The number of fused-ring (bicyclic) bond motifs is 1. The zero-order valence-corrected chi connectivity index (χ0v) is 10.9. The Labute approximate surface area is 118 Å². The number of ether oxygens (including phenoxy) is 3. The SMILES string of the molecule is CNc1ncnc(Oc2ccc3c(c2)OCO3)c1[N+](=O)[O-]. The summed E-state index contributed by atoms with van der Waals surface area (Å²) in [4.78, 5) is 18.1. The van der Waals surface area contributed by atoms with Crippen LogP contribution in [0.2, 0.25) is 0 Å². The number of aromatic nitrogens is 2. The van der Waals surface area contributed by atoms with Gasteiger partial charge in [0.05, 0.1) is 4.92 Å². The van der Waals surface area contributed by atoms with E-state index >= 15 is 0 Å². The van der Waals surface area contributed by atoms with Crippen LogP contribution < -0.4 is 19.5 Å². The van der Waals surface area contributed by atoms with E-state index in [2.05, 4.69) is 15.3 Å². The van der Waals surface area contributed by atoms with Crippen molar-refractivity contribution < 1.29 is 19.1 Å². The molecule has 3 rings (SSSR count). The minimum atomic E-state index is -0.603. The largest absolute Gasteiger partial charge is 0.454 e. The van der Waals surface area contributed by atoms with Gasteiger partial charge in [0, 0.05) is 13.1 Å². The van der Waals surface area contributed by atoms with Crippen molar-refractivity contribution in [3.8, 4) is 23.1 Å². The molecule has 0 atom stereocenters. The molecule has 1 aromatic carbocycles. The molecule has 0 amide bonds. The maximum atomic E-state index is 11.1. The number of hydrogen-bond donors (Lipinski definition) is 1. The molecule has 1 aromatic heterocycles. The maximum Gasteiger partial charge on any atom is 0.373 e. The fourth-order valence-electron chi connectivity index (χ4n) is 1.84. The van der Waals surface area contributed by atoms with E-state index in [9.17, 15) is 10.1 Å². The third kappa shape index (κ3) is 2.36. The Kier molecular flexibility index (Phi) is 3.14. The molecule has 1 N–H and O–H groups in total. The smallest absolute Gasteiger partial charge is 0.373 e. The first-order valence-electron chi connectivity index (χ1n) is 5.93. The summed E-state index contributed by atoms with van der Waals surface area (Å²) < 4.78 is 15.9. The van der Waals surface area contributed by atoms with Gasteiger partial charge in [-0.15, -0.1) is 0 Å². The highest BCUT2D eigenvalue weighted by atomic mass is 16.7. The summed E-state index contributed by atoms with van der Waals surface area (Å²) in [6.45, 7) is 0.135. The summed E-state index contributed by atoms with van der Waals surface area (Å²) in [5.74, 6) is 1.38. The van der Waals surface area contributed by atoms with Crippen molar-refractivity contribution in [2.24, 2.45) is 0 Å². The number of hydrogen-bond acceptors (Lipinski definition) is 8. The number of benzene rings is 1. The zero-order valence-electron chi connectivity index (χ0n) is 10.9. The number of nitrogens with one attached hydrogen (secondary N) is 1. The topological polar surface area (TPSA) is 109 Å². The van der Waals surface area contributed by atoms with E-state index < -0.39 is 4.92 Å². The van der Waals surface area contributed by atoms with Crippen molar-refractivity contribution in [3.63, 3.8) is 0 Å². The monoisotopic (exact) mass is 290 g/mol. The molecule has 2 heterocycles. The Morgan fingerprint density at radius 3 is 2.90 bits per heavy atom. The van der Waals surface area contributed by atoms with Crippen LogP contribution in [-0.2, 0) is 0 Å². The van der Waals surface area contributed by atoms with Gasteiger partial charge in [-0.1, -0.05) is 0 Å². The van der Waals surface area contributed by atoms with Gasteiger partial charge in [0.1, 0.15) is 12.1 Å². The standard InChI is InChI=1S/C12H10N4O5/c1-13-11-10(16(17)18)12(15-5-14-11)21-7-2-3-8-9(4-7)20-6-19-8/h2-5H,6H2,1H3,(H,13,14,15). The van der Waals surface area contributed by atoms with Gasteiger partial charge in [-0.05, 0) is 12.1 Å². The average Bonchev–Trinajstić information content (AvgIpc) is 2.94. The Hall–Kier alpha value is -3.10. The second-order valence-electron chi connectivity index (χ2n) is 4.00. The molecule has 21 heavy (non-hydrogen) atoms. The first-order valence-corrected chi connectivity index (χ1v) is 5.93. The molecular formula is C12H10N4O5. The molecule has 1 aliphatic heterocycles. The molecule has 1 aliphatic rings. The van der Waals surface area contributed by atoms with E-state index in [1.165, 1.54) is 13.4 Å². The molecule has 108 valence electrons. The van der Waals surface area contributed by atoms with Gasteiger partial charge in [0.25, 0.3) is 0 Å². The van der Waals surface area contributed by atoms with Gasteiger partial charge in [-0.2, -0.15) is 4.98 Å². The molecule has 0 saturated heterocycles. The molecule has 0 saturated carbocycles. The molecule has 9 nitrogen and oxygen atoms in total. The molecule has 9 heteroatoms. The first kappa shape index (κ1) is 12.9. The van der Waals surface area contributed by atoms with Crippen LogP contribution in [0, 0.1) is 10.1 Å². The van der Waals surface area contributed by atoms with Crippen molar-refractivity contribution in [1.29, 1.82) is 0 Å². The average molecular weight is 290 g/mol. The fourth-order valence-corrected chi connectivity index (χ4v) is 1.84. The quantitative estimate of drug-likeness (QED) is 0.672. The lowest BCUT2D eigenvalue weighted by Crippen LogP contribution is -2.03. The van der Waals surface area contributed by atoms with Gasteiger partial charge in [-0.25, -0.2) is 4.98 Å². The van der Waals surface area contributed by atoms with Crippen LogP contribution in [0.3, 0.4) is 0 Å². The van der Waals surface area contributed by atoms with Gasteiger partial charge in [-0.3, -0.25) is 10.1 Å². The summed E-state index contributed by atoms with van der Waals surface area (Å²) in [5, 5.41) is 13.8. The van der Waals surface area contributed by atoms with Crippen LogP contribution in [-0.4, -0.2) is 28.7 Å². The highest BCUT2D eigenvalue weighted by molar-refractivity contribution is 5.61. The summed E-state index contributed by atoms with van der Waals surface area (Å²) in [7, 11) is 1.53. The van der Waals surface area contributed by atoms with E-state index in [-0.39, 0.29) is 24.2 Å². The van der Waals surface area contributed by atoms with Crippen LogP contribution >= 0.6 is 0 Å². The predicted octanol–water partition coefficient (Wildman–Crippen LogP) is 1.95. The van der Waals surface area contributed by atoms with Crippen molar-refractivity contribution >= 4 is 11.5 Å². The van der Waals surface area contributed by atoms with Crippen molar-refractivity contribution in [2.45, 2.75) is 0 Å². The molecular weight excluding hydrogens is 280 g/mol. The zero-order chi connectivity index (χ0) is 14.8. The molecule has 0 spiro atoms. The van der Waals surface area contributed by atoms with Gasteiger partial charge >= 0.3 is 11.6 Å². The molecule has 2 aromatic rings. The molecule has 0 aliphatic carbocycles. The summed E-state index contributed by atoms with van der Waals surface area (Å²) >= 11 is 0. The van der Waals surface area contributed by atoms with E-state index in [4.69, 9.17) is 14.2 Å². The first-order chi connectivity index (χ1) is 10.2. The van der Waals surface area contributed by atoms with Gasteiger partial charge in [0.2, 0.25) is 12.6 Å². The normalized spacial score (nSPS) is 12.0. The second kappa shape index (κ2) is 5.12. The number of rotatable bonds is 4. The minimum absolute atomic E-state index is 0.0748. The van der Waals surface area contributed by atoms with Crippen molar-refractivity contribution in [2.75, 3.05) is 19.2 Å². The van der Waals surface area contributed by atoms with Crippen LogP contribution in [0.4, 0.5) is 11.5 Å². The molecule has 0 unspecified atom stereocenters. The maximum absolute atomic E-state index is 11.1. The fraction of sp³-hybridized carbons (Fsp3) is 0.167. The third-order valence-electron chi connectivity index (χ3n) is 2.77. The van der Waals surface area contributed by atoms with Crippen molar-refractivity contribution in [3.05, 3.63) is 34.6 Å². The second-order valence-corrected chi connectivity index (χ2v) is 4.00. The summed E-state index contributed by atoms with van der Waals surface area (Å²) in [6, 6.07) is 4.84. The van der Waals surface area contributed by atoms with Crippen LogP contribution in [0.1, 0.15) is 0 Å². The lowest BCUT2D eigenvalue weighted by Gasteiger charge is -2.07. The van der Waals surface area contributed by atoms with E-state index in [0.717, 1.165) is 0 Å². The van der Waals surface area contributed by atoms with E-state index in [1.807, 2.05) is 0 Å². The Morgan fingerprint density at radius 1 is 1.33 bits per heavy atom. The van der Waals surface area contributed by atoms with Crippen LogP contribution in [0.15, 0.2) is 24.5 Å². The van der Waals surface area contributed by atoms with Crippen LogP contribution in [0.25, 0.3) is 0 Å². The number of nitrogens with zero attached hydrogens (tertiary/aromatic N) is 3. The van der Waals surface area contributed by atoms with Gasteiger partial charge < -0.3 is 19.5 Å². The third-order valence-corrected chi connectivity index (χ3v) is 2.77. The molecule has 0 fully saturated rings. The molecule has 0 bridgehead atoms. The van der Waals surface area contributed by atoms with Crippen molar-refractivity contribution in [1.82, 2.24) is 9.97 Å². The summed E-state index contributed by atoms with van der Waals surface area (Å²) in [5.41, 5.74) is -0.335. The lowest BCUT2D eigenvalue weighted by molar-refractivity contribution is -0.385. The highest BCUT2D eigenvalue weighted by Crippen LogP contribution is 2.38. The van der Waals surface area contributed by atoms with E-state index in [1.54, 1.807) is 18.2 Å². The van der Waals surface area contributed by atoms with E-state index in [0.29, 0.717) is 17.2 Å². The van der Waals surface area contributed by atoms with Crippen LogP contribution in [0.5, 0.6) is 23.1 Å². The Bertz CT molecular complexity index is 706. The lowest BCUT2D eigenvalue weighted by atomic mass is 10.3. The number of anilines is 1. The molecule has 0 radical (unpaired) electrons. The highest BCUT2D eigenvalue weighted by Gasteiger charge is 2.25. The Morgan fingerprint density at radius 2 is 2.14 bits per heavy atom. The minimum Gasteiger partial charge on any atom is -0.454 e. The Balaban J connectivity index is 1.96. The van der Waals surface area contributed by atoms with Gasteiger partial charge in [0.15, 0.2) is 11.5 Å². The summed E-state index contributed by atoms with van der Waals surface area (Å²) in [6.07, 6.45) is 1.18.